The maximum absolute atomic E-state index is 6.26. The summed E-state index contributed by atoms with van der Waals surface area (Å²) in [4.78, 5) is 0. The molecule has 0 radical (unpaired) electrons. The Balaban J connectivity index is 2.00. The van der Waals surface area contributed by atoms with Gasteiger partial charge in [-0.25, -0.2) is 0 Å². The van der Waals surface area contributed by atoms with Gasteiger partial charge in [-0.2, -0.15) is 0 Å². The van der Waals surface area contributed by atoms with E-state index < -0.39 is 0 Å². The molecule has 0 spiro atoms. The fraction of sp³-hybridized carbons (Fsp3) is 0.625. The van der Waals surface area contributed by atoms with Gasteiger partial charge in [0.1, 0.15) is 0 Å². The van der Waals surface area contributed by atoms with Crippen LogP contribution in [0.3, 0.4) is 0 Å². The SMILES string of the molecule is CCC1CCC(NC(C)c2ccccc2Cl)C1C. The summed E-state index contributed by atoms with van der Waals surface area (Å²) in [7, 11) is 0. The highest BCUT2D eigenvalue weighted by Crippen LogP contribution is 2.35. The predicted octanol–water partition coefficient (Wildman–Crippen LogP) is 4.82. The summed E-state index contributed by atoms with van der Waals surface area (Å²) in [5, 5.41) is 4.64. The summed E-state index contributed by atoms with van der Waals surface area (Å²) in [6, 6.07) is 9.12. The molecular formula is C16H24ClN. The van der Waals surface area contributed by atoms with Crippen molar-refractivity contribution < 1.29 is 0 Å². The summed E-state index contributed by atoms with van der Waals surface area (Å²) in [6.07, 6.45) is 3.97. The normalized spacial score (nSPS) is 29.4. The smallest absolute Gasteiger partial charge is 0.0453 e. The average Bonchev–Trinajstić information content (AvgIpc) is 2.71. The zero-order valence-electron chi connectivity index (χ0n) is 11.6. The van der Waals surface area contributed by atoms with Crippen molar-refractivity contribution in [3.63, 3.8) is 0 Å². The molecule has 4 unspecified atom stereocenters. The Morgan fingerprint density at radius 3 is 2.67 bits per heavy atom. The Morgan fingerprint density at radius 1 is 1.33 bits per heavy atom. The molecule has 0 heterocycles. The van der Waals surface area contributed by atoms with Crippen molar-refractivity contribution in [1.29, 1.82) is 0 Å². The first-order valence-corrected chi connectivity index (χ1v) is 7.51. The number of nitrogens with one attached hydrogen (secondary N) is 1. The van der Waals surface area contributed by atoms with E-state index in [0.29, 0.717) is 12.1 Å². The third kappa shape index (κ3) is 2.89. The first-order chi connectivity index (χ1) is 8.63. The van der Waals surface area contributed by atoms with E-state index in [0.717, 1.165) is 16.9 Å². The van der Waals surface area contributed by atoms with E-state index >= 15 is 0 Å². The van der Waals surface area contributed by atoms with Crippen LogP contribution in [0.15, 0.2) is 24.3 Å². The maximum atomic E-state index is 6.26. The minimum Gasteiger partial charge on any atom is -0.307 e. The van der Waals surface area contributed by atoms with E-state index in [2.05, 4.69) is 38.2 Å². The Kier molecular flexibility index (Phi) is 4.69. The number of benzene rings is 1. The van der Waals surface area contributed by atoms with Gasteiger partial charge >= 0.3 is 0 Å². The van der Waals surface area contributed by atoms with Gasteiger partial charge in [-0.15, -0.1) is 0 Å². The minimum atomic E-state index is 0.335. The third-order valence-electron chi connectivity index (χ3n) is 4.59. The highest BCUT2D eigenvalue weighted by Gasteiger charge is 2.32. The number of hydrogen-bond acceptors (Lipinski definition) is 1. The van der Waals surface area contributed by atoms with E-state index in [1.807, 2.05) is 12.1 Å². The van der Waals surface area contributed by atoms with Crippen molar-refractivity contribution in [1.82, 2.24) is 5.32 Å². The van der Waals surface area contributed by atoms with Gasteiger partial charge in [-0.3, -0.25) is 0 Å². The van der Waals surface area contributed by atoms with Crippen LogP contribution in [0.1, 0.15) is 51.6 Å². The Hall–Kier alpha value is -0.530. The molecule has 0 amide bonds. The molecule has 4 atom stereocenters. The van der Waals surface area contributed by atoms with Gasteiger partial charge in [0.15, 0.2) is 0 Å². The van der Waals surface area contributed by atoms with Crippen LogP contribution in [-0.4, -0.2) is 6.04 Å². The molecule has 18 heavy (non-hydrogen) atoms. The Morgan fingerprint density at radius 2 is 2.06 bits per heavy atom. The van der Waals surface area contributed by atoms with Crippen LogP contribution in [0, 0.1) is 11.8 Å². The van der Waals surface area contributed by atoms with Crippen molar-refractivity contribution in [2.45, 2.75) is 52.1 Å². The molecule has 1 fully saturated rings. The molecule has 1 aromatic carbocycles. The quantitative estimate of drug-likeness (QED) is 0.823. The van der Waals surface area contributed by atoms with Crippen LogP contribution in [-0.2, 0) is 0 Å². The monoisotopic (exact) mass is 265 g/mol. The summed E-state index contributed by atoms with van der Waals surface area (Å²) in [6.45, 7) is 6.91. The second-order valence-electron chi connectivity index (χ2n) is 5.62. The molecule has 1 aromatic rings. The zero-order chi connectivity index (χ0) is 13.1. The van der Waals surface area contributed by atoms with Crippen LogP contribution >= 0.6 is 11.6 Å². The minimum absolute atomic E-state index is 0.335. The van der Waals surface area contributed by atoms with E-state index in [-0.39, 0.29) is 0 Å². The Bertz CT molecular complexity index is 390. The first-order valence-electron chi connectivity index (χ1n) is 7.14. The van der Waals surface area contributed by atoms with E-state index in [4.69, 9.17) is 11.6 Å². The summed E-state index contributed by atoms with van der Waals surface area (Å²) < 4.78 is 0. The molecule has 0 aromatic heterocycles. The molecule has 2 heteroatoms. The van der Waals surface area contributed by atoms with Crippen LogP contribution in [0.4, 0.5) is 0 Å². The average molecular weight is 266 g/mol. The molecule has 1 saturated carbocycles. The zero-order valence-corrected chi connectivity index (χ0v) is 12.4. The number of rotatable bonds is 4. The fourth-order valence-corrected chi connectivity index (χ4v) is 3.60. The lowest BCUT2D eigenvalue weighted by Gasteiger charge is -2.25. The highest BCUT2D eigenvalue weighted by molar-refractivity contribution is 6.31. The molecule has 1 N–H and O–H groups in total. The van der Waals surface area contributed by atoms with Crippen molar-refractivity contribution in [2.75, 3.05) is 0 Å². The summed E-state index contributed by atoms with van der Waals surface area (Å²) >= 11 is 6.26. The van der Waals surface area contributed by atoms with E-state index in [1.54, 1.807) is 0 Å². The number of halogens is 1. The van der Waals surface area contributed by atoms with Crippen molar-refractivity contribution in [2.24, 2.45) is 11.8 Å². The summed E-state index contributed by atoms with van der Waals surface area (Å²) in [5.41, 5.74) is 1.21. The molecule has 1 aliphatic carbocycles. The standard InChI is InChI=1S/C16H24ClN/c1-4-13-9-10-16(11(13)2)18-12(3)14-7-5-6-8-15(14)17/h5-8,11-13,16,18H,4,9-10H2,1-3H3. The van der Waals surface area contributed by atoms with Gasteiger partial charge in [0.05, 0.1) is 0 Å². The fourth-order valence-electron chi connectivity index (χ4n) is 3.30. The van der Waals surface area contributed by atoms with Crippen LogP contribution in [0.25, 0.3) is 0 Å². The topological polar surface area (TPSA) is 12.0 Å². The van der Waals surface area contributed by atoms with Crippen LogP contribution < -0.4 is 5.32 Å². The van der Waals surface area contributed by atoms with Crippen molar-refractivity contribution >= 4 is 11.6 Å². The molecule has 0 bridgehead atoms. The molecule has 0 saturated heterocycles. The molecular weight excluding hydrogens is 242 g/mol. The van der Waals surface area contributed by atoms with Crippen molar-refractivity contribution in [3.8, 4) is 0 Å². The largest absolute Gasteiger partial charge is 0.307 e. The van der Waals surface area contributed by atoms with Gasteiger partial charge in [0.25, 0.3) is 0 Å². The molecule has 0 aliphatic heterocycles. The lowest BCUT2D eigenvalue weighted by atomic mass is 9.93. The highest BCUT2D eigenvalue weighted by atomic mass is 35.5. The third-order valence-corrected chi connectivity index (χ3v) is 4.93. The second kappa shape index (κ2) is 6.08. The first kappa shape index (κ1) is 13.9. The second-order valence-corrected chi connectivity index (χ2v) is 6.03. The predicted molar refractivity (Wildman–Crippen MR) is 79.0 cm³/mol. The van der Waals surface area contributed by atoms with Gasteiger partial charge in [-0.05, 0) is 43.2 Å². The van der Waals surface area contributed by atoms with Gasteiger partial charge in [-0.1, -0.05) is 50.1 Å². The molecule has 2 rings (SSSR count). The lowest BCUT2D eigenvalue weighted by Crippen LogP contribution is -2.34. The summed E-state index contributed by atoms with van der Waals surface area (Å²) in [5.74, 6) is 1.67. The van der Waals surface area contributed by atoms with E-state index in [1.165, 1.54) is 24.8 Å². The maximum Gasteiger partial charge on any atom is 0.0453 e. The van der Waals surface area contributed by atoms with Crippen molar-refractivity contribution in [3.05, 3.63) is 34.9 Å². The molecule has 1 nitrogen and oxygen atoms in total. The van der Waals surface area contributed by atoms with Crippen LogP contribution in [0.5, 0.6) is 0 Å². The van der Waals surface area contributed by atoms with Gasteiger partial charge < -0.3 is 5.32 Å². The number of hydrogen-bond donors (Lipinski definition) is 1. The Labute approximate surface area is 116 Å². The molecule has 100 valence electrons. The molecule has 1 aliphatic rings. The van der Waals surface area contributed by atoms with Gasteiger partial charge in [0.2, 0.25) is 0 Å². The lowest BCUT2D eigenvalue weighted by molar-refractivity contribution is 0.327. The van der Waals surface area contributed by atoms with Crippen LogP contribution in [0.2, 0.25) is 5.02 Å². The van der Waals surface area contributed by atoms with Gasteiger partial charge in [0, 0.05) is 17.1 Å². The van der Waals surface area contributed by atoms with E-state index in [9.17, 15) is 0 Å².